The number of anilines is 3. The molecule has 1 saturated heterocycles. The minimum atomic E-state index is -3.58. The highest BCUT2D eigenvalue weighted by molar-refractivity contribution is 7.92. The SMILES string of the molecule is COc1c(NC(=O)c2cc3cccc(Oc4ccnc(N5CCN(C)CC5)c4)c3n2C)cc(C2(C)CC2)cc1NS(C)(=O)=O. The molecule has 2 aliphatic rings. The molecular formula is C32H38N6O5S. The van der Waals surface area contributed by atoms with Crippen LogP contribution < -0.4 is 24.4 Å². The van der Waals surface area contributed by atoms with E-state index in [2.05, 4.69) is 38.8 Å². The van der Waals surface area contributed by atoms with Crippen molar-refractivity contribution in [3.63, 3.8) is 0 Å². The Bertz CT molecular complexity index is 1840. The molecular weight excluding hydrogens is 580 g/mol. The smallest absolute Gasteiger partial charge is 0.272 e. The van der Waals surface area contributed by atoms with Gasteiger partial charge in [-0.25, -0.2) is 13.4 Å². The summed E-state index contributed by atoms with van der Waals surface area (Å²) in [5.74, 6) is 2.02. The largest absolute Gasteiger partial charge is 0.492 e. The second kappa shape index (κ2) is 11.3. The van der Waals surface area contributed by atoms with Crippen molar-refractivity contribution in [2.45, 2.75) is 25.2 Å². The van der Waals surface area contributed by atoms with Crippen LogP contribution in [0, 0.1) is 0 Å². The van der Waals surface area contributed by atoms with Gasteiger partial charge >= 0.3 is 0 Å². The first-order chi connectivity index (χ1) is 20.9. The first-order valence-corrected chi connectivity index (χ1v) is 16.5. The summed E-state index contributed by atoms with van der Waals surface area (Å²) in [4.78, 5) is 22.9. The highest BCUT2D eigenvalue weighted by atomic mass is 32.2. The quantitative estimate of drug-likeness (QED) is 0.275. The fraction of sp³-hybridized carbons (Fsp3) is 0.375. The number of carbonyl (C=O) groups is 1. The van der Waals surface area contributed by atoms with E-state index in [1.165, 1.54) is 7.11 Å². The Hall–Kier alpha value is -4.29. The van der Waals surface area contributed by atoms with Crippen LogP contribution in [0.15, 0.2) is 54.7 Å². The van der Waals surface area contributed by atoms with Crippen molar-refractivity contribution in [3.8, 4) is 17.2 Å². The van der Waals surface area contributed by atoms with Gasteiger partial charge in [-0.1, -0.05) is 19.1 Å². The molecule has 6 rings (SSSR count). The second-order valence-corrected chi connectivity index (χ2v) is 13.8. The van der Waals surface area contributed by atoms with Crippen LogP contribution in [0.1, 0.15) is 35.8 Å². The monoisotopic (exact) mass is 618 g/mol. The van der Waals surface area contributed by atoms with Crippen LogP contribution in [0.5, 0.6) is 17.2 Å². The van der Waals surface area contributed by atoms with Gasteiger partial charge in [0.2, 0.25) is 10.0 Å². The number of aryl methyl sites for hydroxylation is 1. The third-order valence-corrected chi connectivity index (χ3v) is 9.15. The van der Waals surface area contributed by atoms with Crippen LogP contribution in [0.25, 0.3) is 10.9 Å². The van der Waals surface area contributed by atoms with E-state index in [1.54, 1.807) is 16.8 Å². The van der Waals surface area contributed by atoms with Gasteiger partial charge in [0.1, 0.15) is 17.3 Å². The van der Waals surface area contributed by atoms with Gasteiger partial charge in [-0.3, -0.25) is 9.52 Å². The van der Waals surface area contributed by atoms with Crippen molar-refractivity contribution in [1.82, 2.24) is 14.5 Å². The van der Waals surface area contributed by atoms with E-state index in [4.69, 9.17) is 9.47 Å². The summed E-state index contributed by atoms with van der Waals surface area (Å²) in [7, 11) is 1.81. The molecule has 12 heteroatoms. The average Bonchev–Trinajstić information content (AvgIpc) is 3.64. The fourth-order valence-electron chi connectivity index (χ4n) is 5.71. The third-order valence-electron chi connectivity index (χ3n) is 8.56. The van der Waals surface area contributed by atoms with Gasteiger partial charge in [-0.2, -0.15) is 0 Å². The number of hydrogen-bond acceptors (Lipinski definition) is 8. The van der Waals surface area contributed by atoms with E-state index < -0.39 is 10.0 Å². The number of carbonyl (C=O) groups excluding carboxylic acids is 1. The van der Waals surface area contributed by atoms with Crippen LogP contribution in [0.4, 0.5) is 17.2 Å². The molecule has 11 nitrogen and oxygen atoms in total. The molecule has 0 unspecified atom stereocenters. The summed E-state index contributed by atoms with van der Waals surface area (Å²) in [6.07, 6.45) is 4.80. The van der Waals surface area contributed by atoms with Gasteiger partial charge in [0.05, 0.1) is 30.3 Å². The summed E-state index contributed by atoms with van der Waals surface area (Å²) in [6, 6.07) is 15.0. The van der Waals surface area contributed by atoms with Crippen molar-refractivity contribution in [2.24, 2.45) is 7.05 Å². The Morgan fingerprint density at radius 3 is 2.41 bits per heavy atom. The topological polar surface area (TPSA) is 118 Å². The van der Waals surface area contributed by atoms with Crippen molar-refractivity contribution in [1.29, 1.82) is 0 Å². The number of hydrogen-bond donors (Lipinski definition) is 2. The zero-order valence-electron chi connectivity index (χ0n) is 25.7. The number of nitrogens with one attached hydrogen (secondary N) is 2. The number of piperazine rings is 1. The standard InChI is InChI=1S/C32H38N6O5S/c1-32(10-11-32)22-18-24(30(42-4)25(19-22)35-44(5,40)41)34-31(39)26-17-21-7-6-8-27(29(21)37(26)3)43-23-9-12-33-28(20-23)38-15-13-36(2)14-16-38/h6-9,12,17-20,35H,10-11,13-16H2,1-5H3,(H,34,39). The van der Waals surface area contributed by atoms with E-state index in [1.807, 2.05) is 49.5 Å². The van der Waals surface area contributed by atoms with E-state index in [0.29, 0.717) is 22.9 Å². The van der Waals surface area contributed by atoms with Crippen molar-refractivity contribution >= 4 is 44.0 Å². The summed E-state index contributed by atoms with van der Waals surface area (Å²) >= 11 is 0. The molecule has 2 aromatic carbocycles. The maximum absolute atomic E-state index is 13.8. The minimum absolute atomic E-state index is 0.0806. The van der Waals surface area contributed by atoms with Crippen LogP contribution in [-0.2, 0) is 22.5 Å². The summed E-state index contributed by atoms with van der Waals surface area (Å²) in [6.45, 7) is 5.87. The summed E-state index contributed by atoms with van der Waals surface area (Å²) in [5.41, 5.74) is 2.71. The predicted octanol–water partition coefficient (Wildman–Crippen LogP) is 4.80. The van der Waals surface area contributed by atoms with E-state index in [-0.39, 0.29) is 22.8 Å². The Morgan fingerprint density at radius 1 is 1.00 bits per heavy atom. The molecule has 1 aliphatic heterocycles. The summed E-state index contributed by atoms with van der Waals surface area (Å²) < 4.78 is 40.6. The molecule has 3 heterocycles. The van der Waals surface area contributed by atoms with Gasteiger partial charge < -0.3 is 29.2 Å². The molecule has 0 spiro atoms. The maximum Gasteiger partial charge on any atom is 0.272 e. The number of benzene rings is 2. The molecule has 2 fully saturated rings. The number of para-hydroxylation sites is 1. The molecule has 232 valence electrons. The van der Waals surface area contributed by atoms with Gasteiger partial charge in [0.15, 0.2) is 11.5 Å². The number of methoxy groups -OCH3 is 1. The fourth-order valence-corrected chi connectivity index (χ4v) is 6.26. The van der Waals surface area contributed by atoms with Crippen LogP contribution >= 0.6 is 0 Å². The molecule has 4 aromatic rings. The molecule has 1 aliphatic carbocycles. The third kappa shape index (κ3) is 6.04. The molecule has 1 amide bonds. The lowest BCUT2D eigenvalue weighted by Gasteiger charge is -2.33. The number of ether oxygens (including phenoxy) is 2. The number of fused-ring (bicyclic) bond motifs is 1. The molecule has 0 atom stereocenters. The number of amides is 1. The zero-order chi connectivity index (χ0) is 31.2. The van der Waals surface area contributed by atoms with E-state index in [9.17, 15) is 13.2 Å². The van der Waals surface area contributed by atoms with E-state index >= 15 is 0 Å². The number of aromatic nitrogens is 2. The van der Waals surface area contributed by atoms with Crippen molar-refractivity contribution < 1.29 is 22.7 Å². The van der Waals surface area contributed by atoms with Gasteiger partial charge in [0.25, 0.3) is 5.91 Å². The van der Waals surface area contributed by atoms with Crippen molar-refractivity contribution in [3.05, 3.63) is 66.0 Å². The van der Waals surface area contributed by atoms with Gasteiger partial charge in [-0.05, 0) is 61.2 Å². The Morgan fingerprint density at radius 2 is 1.73 bits per heavy atom. The van der Waals surface area contributed by atoms with Gasteiger partial charge in [-0.15, -0.1) is 0 Å². The molecule has 1 saturated carbocycles. The highest BCUT2D eigenvalue weighted by Gasteiger charge is 2.40. The Labute approximate surface area is 257 Å². The lowest BCUT2D eigenvalue weighted by molar-refractivity contribution is 0.101. The normalized spacial score (nSPS) is 16.5. The lowest BCUT2D eigenvalue weighted by Crippen LogP contribution is -2.44. The number of likely N-dealkylation sites (N-methyl/N-ethyl adjacent to an activating group) is 1. The van der Waals surface area contributed by atoms with E-state index in [0.717, 1.165) is 67.6 Å². The van der Waals surface area contributed by atoms with Crippen LogP contribution in [0.2, 0.25) is 0 Å². The minimum Gasteiger partial charge on any atom is -0.492 e. The Balaban J connectivity index is 1.30. The van der Waals surface area contributed by atoms with Crippen molar-refractivity contribution in [2.75, 3.05) is 61.5 Å². The molecule has 2 aromatic heterocycles. The highest BCUT2D eigenvalue weighted by Crippen LogP contribution is 2.51. The Kier molecular flexibility index (Phi) is 7.66. The average molecular weight is 619 g/mol. The number of nitrogens with zero attached hydrogens (tertiary/aromatic N) is 4. The molecule has 2 N–H and O–H groups in total. The number of rotatable bonds is 9. The molecule has 0 bridgehead atoms. The molecule has 44 heavy (non-hydrogen) atoms. The first kappa shape index (κ1) is 29.8. The van der Waals surface area contributed by atoms with Gasteiger partial charge in [0, 0.05) is 50.9 Å². The second-order valence-electron chi connectivity index (χ2n) is 12.0. The molecule has 0 radical (unpaired) electrons. The van der Waals surface area contributed by atoms with Crippen LogP contribution in [0.3, 0.4) is 0 Å². The lowest BCUT2D eigenvalue weighted by atomic mass is 9.96. The zero-order valence-corrected chi connectivity index (χ0v) is 26.5. The predicted molar refractivity (Wildman–Crippen MR) is 173 cm³/mol. The summed E-state index contributed by atoms with van der Waals surface area (Å²) in [5, 5.41) is 3.83. The van der Waals surface area contributed by atoms with Crippen LogP contribution in [-0.4, -0.2) is 75.4 Å². The first-order valence-electron chi connectivity index (χ1n) is 14.6. The maximum atomic E-state index is 13.8. The number of pyridine rings is 1. The number of sulfonamides is 1.